The maximum Gasteiger partial charge on any atom is 0.326 e. The van der Waals surface area contributed by atoms with Crippen molar-refractivity contribution in [1.82, 2.24) is 10.6 Å². The van der Waals surface area contributed by atoms with Gasteiger partial charge in [0.15, 0.2) is 5.76 Å². The van der Waals surface area contributed by atoms with Crippen molar-refractivity contribution in [2.75, 3.05) is 0 Å². The highest BCUT2D eigenvalue weighted by Crippen LogP contribution is 2.09. The molecule has 0 radical (unpaired) electrons. The Hall–Kier alpha value is -2.45. The van der Waals surface area contributed by atoms with Crippen LogP contribution in [0.1, 0.15) is 30.8 Å². The molecule has 1 aromatic rings. The fourth-order valence-electron chi connectivity index (χ4n) is 1.82. The van der Waals surface area contributed by atoms with Crippen molar-refractivity contribution < 1.29 is 32.7 Å². The molecule has 0 saturated carbocycles. The molecule has 0 spiro atoms. The number of carbonyl (C=O) groups is 3. The lowest BCUT2D eigenvalue weighted by Crippen LogP contribution is -2.54. The van der Waals surface area contributed by atoms with Gasteiger partial charge < -0.3 is 20.2 Å². The highest BCUT2D eigenvalue weighted by atomic mass is 19.3. The average Bonchev–Trinajstić information content (AvgIpc) is 2.96. The summed E-state index contributed by atoms with van der Waals surface area (Å²) < 4.78 is 29.6. The molecule has 0 bridgehead atoms. The zero-order chi connectivity index (χ0) is 17.6. The van der Waals surface area contributed by atoms with Crippen molar-refractivity contribution in [2.24, 2.45) is 5.92 Å². The van der Waals surface area contributed by atoms with Gasteiger partial charge in [-0.05, 0) is 18.1 Å². The van der Waals surface area contributed by atoms with Gasteiger partial charge in [0.2, 0.25) is 12.3 Å². The van der Waals surface area contributed by atoms with Gasteiger partial charge in [0, 0.05) is 6.42 Å². The first kappa shape index (κ1) is 18.6. The van der Waals surface area contributed by atoms with Gasteiger partial charge in [-0.1, -0.05) is 13.8 Å². The molecule has 0 aliphatic rings. The monoisotopic (exact) mass is 332 g/mol. The number of carbonyl (C=O) groups excluding carboxylic acids is 2. The van der Waals surface area contributed by atoms with E-state index in [0.29, 0.717) is 0 Å². The van der Waals surface area contributed by atoms with Gasteiger partial charge in [0.25, 0.3) is 5.91 Å². The number of hydrogen-bond donors (Lipinski definition) is 3. The first-order valence-electron chi connectivity index (χ1n) is 6.88. The Morgan fingerprint density at radius 2 is 1.91 bits per heavy atom. The van der Waals surface area contributed by atoms with Gasteiger partial charge in [0.1, 0.15) is 12.1 Å². The van der Waals surface area contributed by atoms with Crippen molar-refractivity contribution in [1.29, 1.82) is 0 Å². The van der Waals surface area contributed by atoms with Crippen molar-refractivity contribution in [3.63, 3.8) is 0 Å². The summed E-state index contributed by atoms with van der Waals surface area (Å²) in [6.07, 6.45) is -2.62. The Balaban J connectivity index is 2.77. The number of carboxylic acid groups (broad SMARTS) is 1. The number of amides is 2. The summed E-state index contributed by atoms with van der Waals surface area (Å²) in [6.45, 7) is 3.24. The topological polar surface area (TPSA) is 109 Å². The molecule has 3 N–H and O–H groups in total. The van der Waals surface area contributed by atoms with E-state index in [1.54, 1.807) is 13.8 Å². The third kappa shape index (κ3) is 5.68. The Kier molecular flexibility index (Phi) is 6.67. The van der Waals surface area contributed by atoms with Crippen LogP contribution in [0.3, 0.4) is 0 Å². The third-order valence-electron chi connectivity index (χ3n) is 3.01. The lowest BCUT2D eigenvalue weighted by Gasteiger charge is -2.23. The van der Waals surface area contributed by atoms with Gasteiger partial charge in [-0.3, -0.25) is 9.59 Å². The normalized spacial score (nSPS) is 13.7. The molecular weight excluding hydrogens is 314 g/mol. The van der Waals surface area contributed by atoms with Crippen LogP contribution in [0.2, 0.25) is 0 Å². The van der Waals surface area contributed by atoms with Gasteiger partial charge >= 0.3 is 5.97 Å². The summed E-state index contributed by atoms with van der Waals surface area (Å²) in [5.74, 6) is -3.50. The number of nitrogens with one attached hydrogen (secondary N) is 2. The van der Waals surface area contributed by atoms with E-state index in [1.807, 2.05) is 5.32 Å². The van der Waals surface area contributed by atoms with Crippen LogP contribution in [0.5, 0.6) is 0 Å². The van der Waals surface area contributed by atoms with Crippen LogP contribution in [0, 0.1) is 5.92 Å². The average molecular weight is 332 g/mol. The number of rotatable bonds is 8. The molecule has 0 fully saturated rings. The number of aliphatic carboxylic acids is 1. The van der Waals surface area contributed by atoms with Crippen LogP contribution in [0.15, 0.2) is 22.8 Å². The number of halogens is 2. The molecule has 128 valence electrons. The van der Waals surface area contributed by atoms with E-state index in [-0.39, 0.29) is 5.76 Å². The van der Waals surface area contributed by atoms with E-state index >= 15 is 0 Å². The fourth-order valence-corrected chi connectivity index (χ4v) is 1.82. The largest absolute Gasteiger partial charge is 0.480 e. The summed E-state index contributed by atoms with van der Waals surface area (Å²) >= 11 is 0. The van der Waals surface area contributed by atoms with E-state index in [4.69, 9.17) is 9.52 Å². The Morgan fingerprint density at radius 3 is 2.35 bits per heavy atom. The minimum Gasteiger partial charge on any atom is -0.480 e. The molecule has 7 nitrogen and oxygen atoms in total. The molecule has 0 aliphatic heterocycles. The highest BCUT2D eigenvalue weighted by Gasteiger charge is 2.30. The Morgan fingerprint density at radius 1 is 1.26 bits per heavy atom. The number of alkyl halides is 2. The zero-order valence-corrected chi connectivity index (χ0v) is 12.6. The number of hydrogen-bond acceptors (Lipinski definition) is 4. The van der Waals surface area contributed by atoms with E-state index in [0.717, 1.165) is 0 Å². The quantitative estimate of drug-likeness (QED) is 0.664. The zero-order valence-electron chi connectivity index (χ0n) is 12.6. The molecule has 2 atom stereocenters. The van der Waals surface area contributed by atoms with E-state index in [1.165, 1.54) is 18.4 Å². The van der Waals surface area contributed by atoms with Gasteiger partial charge in [0.05, 0.1) is 6.26 Å². The lowest BCUT2D eigenvalue weighted by atomic mass is 10.0. The van der Waals surface area contributed by atoms with Crippen molar-refractivity contribution in [3.05, 3.63) is 24.2 Å². The van der Waals surface area contributed by atoms with Crippen LogP contribution < -0.4 is 10.6 Å². The van der Waals surface area contributed by atoms with E-state index in [9.17, 15) is 23.2 Å². The summed E-state index contributed by atoms with van der Waals surface area (Å²) in [7, 11) is 0. The van der Waals surface area contributed by atoms with Crippen LogP contribution >= 0.6 is 0 Å². The van der Waals surface area contributed by atoms with Crippen LogP contribution in [-0.4, -0.2) is 41.4 Å². The Labute approximate surface area is 131 Å². The van der Waals surface area contributed by atoms with Gasteiger partial charge in [-0.15, -0.1) is 0 Å². The van der Waals surface area contributed by atoms with Gasteiger partial charge in [-0.25, -0.2) is 13.6 Å². The molecular formula is C14H18F2N2O5. The fraction of sp³-hybridized carbons (Fsp3) is 0.500. The smallest absolute Gasteiger partial charge is 0.326 e. The summed E-state index contributed by atoms with van der Waals surface area (Å²) in [6, 6.07) is 0.0561. The highest BCUT2D eigenvalue weighted by molar-refractivity contribution is 5.96. The molecule has 0 saturated heterocycles. The van der Waals surface area contributed by atoms with Crippen LogP contribution in [0.4, 0.5) is 8.78 Å². The van der Waals surface area contributed by atoms with Gasteiger partial charge in [-0.2, -0.15) is 0 Å². The van der Waals surface area contributed by atoms with E-state index < -0.39 is 48.6 Å². The van der Waals surface area contributed by atoms with Crippen LogP contribution in [0.25, 0.3) is 0 Å². The Bertz CT molecular complexity index is 545. The summed E-state index contributed by atoms with van der Waals surface area (Å²) in [5.41, 5.74) is 0. The molecule has 0 aromatic carbocycles. The van der Waals surface area contributed by atoms with Crippen molar-refractivity contribution in [2.45, 2.75) is 38.8 Å². The maximum absolute atomic E-state index is 12.4. The molecule has 9 heteroatoms. The van der Waals surface area contributed by atoms with Crippen LogP contribution in [-0.2, 0) is 9.59 Å². The molecule has 0 aliphatic carbocycles. The SMILES string of the molecule is CC(C)C(NC(=O)c1ccco1)C(=O)NC(CC(F)F)C(=O)O. The van der Waals surface area contributed by atoms with Crippen molar-refractivity contribution >= 4 is 17.8 Å². The second-order valence-corrected chi connectivity index (χ2v) is 5.20. The molecule has 23 heavy (non-hydrogen) atoms. The summed E-state index contributed by atoms with van der Waals surface area (Å²) in [4.78, 5) is 34.9. The minimum absolute atomic E-state index is 0.0224. The molecule has 1 rings (SSSR count). The standard InChI is InChI=1S/C14H18F2N2O5/c1-7(2)11(18-12(19)9-4-3-5-23-9)13(20)17-8(14(21)22)6-10(15)16/h3-5,7-8,10-11H,6H2,1-2H3,(H,17,20)(H,18,19)(H,21,22). The molecule has 2 amide bonds. The summed E-state index contributed by atoms with van der Waals surface area (Å²) in [5, 5.41) is 13.3. The molecule has 1 heterocycles. The maximum atomic E-state index is 12.4. The second-order valence-electron chi connectivity index (χ2n) is 5.20. The third-order valence-corrected chi connectivity index (χ3v) is 3.01. The number of carboxylic acids is 1. The first-order chi connectivity index (χ1) is 10.7. The second kappa shape index (κ2) is 8.25. The molecule has 2 unspecified atom stereocenters. The lowest BCUT2D eigenvalue weighted by molar-refractivity contribution is -0.143. The predicted molar refractivity (Wildman–Crippen MR) is 75.0 cm³/mol. The first-order valence-corrected chi connectivity index (χ1v) is 6.88. The number of furan rings is 1. The van der Waals surface area contributed by atoms with E-state index in [2.05, 4.69) is 5.32 Å². The predicted octanol–water partition coefficient (Wildman–Crippen LogP) is 1.26. The minimum atomic E-state index is -2.88. The van der Waals surface area contributed by atoms with Crippen molar-refractivity contribution in [3.8, 4) is 0 Å². The molecule has 1 aromatic heterocycles.